The van der Waals surface area contributed by atoms with Gasteiger partial charge in [-0.1, -0.05) is 6.92 Å². The Morgan fingerprint density at radius 3 is 2.69 bits per heavy atom. The number of ketones is 1. The van der Waals surface area contributed by atoms with Crippen molar-refractivity contribution in [3.63, 3.8) is 0 Å². The van der Waals surface area contributed by atoms with Crippen LogP contribution in [-0.2, 0) is 11.3 Å². The predicted octanol–water partition coefficient (Wildman–Crippen LogP) is 3.12. The summed E-state index contributed by atoms with van der Waals surface area (Å²) in [5.74, 6) is 5.79. The Labute approximate surface area is 172 Å². The quantitative estimate of drug-likeness (QED) is 0.846. The summed E-state index contributed by atoms with van der Waals surface area (Å²) in [4.78, 5) is 14.8. The smallest absolute Gasteiger partial charge is 0.162 e. The standard InChI is InChI=1S/C23H34N4O2/c1-22(29)7-5-14-13(10-22)3-4-16-15(14)6-8-23(2)20(16)17-9-18(17)21(23)19(28)11-27-25-12-24-26-27/h12-18,20-21,29H,3-11H2,1-2H3/t13-,14+,15-,16-,17-,18+,20?,21-,22-,23+/m1/s1. The second-order valence-corrected chi connectivity index (χ2v) is 11.6. The maximum Gasteiger partial charge on any atom is 0.162 e. The van der Waals surface area contributed by atoms with Crippen molar-refractivity contribution in [2.75, 3.05) is 0 Å². The molecule has 0 aromatic carbocycles. The van der Waals surface area contributed by atoms with E-state index in [4.69, 9.17) is 0 Å². The van der Waals surface area contributed by atoms with Gasteiger partial charge in [-0.25, -0.2) is 0 Å². The van der Waals surface area contributed by atoms with Crippen LogP contribution in [0, 0.1) is 52.8 Å². The van der Waals surface area contributed by atoms with Gasteiger partial charge in [0.15, 0.2) is 12.1 Å². The first-order valence-electron chi connectivity index (χ1n) is 11.8. The topological polar surface area (TPSA) is 80.9 Å². The molecule has 6 nitrogen and oxygen atoms in total. The van der Waals surface area contributed by atoms with E-state index in [1.807, 2.05) is 6.92 Å². The van der Waals surface area contributed by atoms with Gasteiger partial charge in [0.2, 0.25) is 0 Å². The molecule has 5 saturated carbocycles. The second-order valence-electron chi connectivity index (χ2n) is 11.6. The summed E-state index contributed by atoms with van der Waals surface area (Å²) in [5, 5.41) is 22.4. The number of aliphatic hydroxyl groups is 1. The average Bonchev–Trinajstić information content (AvgIpc) is 3.12. The average molecular weight is 399 g/mol. The minimum absolute atomic E-state index is 0.166. The Morgan fingerprint density at radius 1 is 1.07 bits per heavy atom. The molecular weight excluding hydrogens is 364 g/mol. The van der Waals surface area contributed by atoms with Crippen LogP contribution >= 0.6 is 0 Å². The van der Waals surface area contributed by atoms with E-state index in [9.17, 15) is 9.90 Å². The van der Waals surface area contributed by atoms with Crippen LogP contribution in [0.4, 0.5) is 0 Å². The van der Waals surface area contributed by atoms with E-state index < -0.39 is 5.60 Å². The number of carbonyl (C=O) groups excluding carboxylic acids is 1. The lowest BCUT2D eigenvalue weighted by Crippen LogP contribution is -2.52. The summed E-state index contributed by atoms with van der Waals surface area (Å²) in [5.41, 5.74) is -0.279. The monoisotopic (exact) mass is 398 g/mol. The fraction of sp³-hybridized carbons (Fsp3) is 0.913. The van der Waals surface area contributed by atoms with Gasteiger partial charge in [-0.15, -0.1) is 10.2 Å². The zero-order valence-corrected chi connectivity index (χ0v) is 17.7. The normalized spacial score (nSPS) is 52.8. The van der Waals surface area contributed by atoms with E-state index in [1.54, 1.807) is 0 Å². The van der Waals surface area contributed by atoms with E-state index in [1.165, 1.54) is 49.6 Å². The molecule has 0 bridgehead atoms. The molecule has 6 heteroatoms. The van der Waals surface area contributed by atoms with Crippen LogP contribution in [0.15, 0.2) is 6.33 Å². The number of Topliss-reactive ketones (excluding diaryl/α,β-unsaturated/α-hetero) is 1. The summed E-state index contributed by atoms with van der Waals surface area (Å²) in [7, 11) is 0. The Hall–Kier alpha value is -1.30. The molecule has 5 aliphatic carbocycles. The zero-order valence-electron chi connectivity index (χ0n) is 17.7. The lowest BCUT2D eigenvalue weighted by atomic mass is 9.48. The van der Waals surface area contributed by atoms with E-state index >= 15 is 0 Å². The van der Waals surface area contributed by atoms with Crippen LogP contribution in [0.25, 0.3) is 0 Å². The largest absolute Gasteiger partial charge is 0.390 e. The third-order valence-electron chi connectivity index (χ3n) is 10.1. The molecule has 0 saturated heterocycles. The fourth-order valence-corrected chi connectivity index (χ4v) is 9.15. The number of hydrogen-bond acceptors (Lipinski definition) is 5. The van der Waals surface area contributed by atoms with Crippen molar-refractivity contribution in [3.8, 4) is 0 Å². The first kappa shape index (κ1) is 18.5. The van der Waals surface area contributed by atoms with Crippen molar-refractivity contribution in [2.24, 2.45) is 52.8 Å². The van der Waals surface area contributed by atoms with Crippen molar-refractivity contribution < 1.29 is 9.90 Å². The lowest BCUT2D eigenvalue weighted by Gasteiger charge is -2.57. The van der Waals surface area contributed by atoms with Gasteiger partial charge in [-0.3, -0.25) is 4.79 Å². The summed E-state index contributed by atoms with van der Waals surface area (Å²) >= 11 is 0. The van der Waals surface area contributed by atoms with E-state index in [2.05, 4.69) is 22.3 Å². The molecular formula is C23H34N4O2. The zero-order chi connectivity index (χ0) is 20.0. The molecule has 6 rings (SSSR count). The molecule has 29 heavy (non-hydrogen) atoms. The van der Waals surface area contributed by atoms with Crippen LogP contribution < -0.4 is 0 Å². The maximum absolute atomic E-state index is 13.3. The van der Waals surface area contributed by atoms with Crippen molar-refractivity contribution in [1.29, 1.82) is 0 Å². The van der Waals surface area contributed by atoms with Gasteiger partial charge in [-0.05, 0) is 110 Å². The molecule has 1 aromatic heterocycles. The number of hydrogen-bond donors (Lipinski definition) is 1. The number of nitrogens with zero attached hydrogens (tertiary/aromatic N) is 4. The molecule has 5 aliphatic rings. The predicted molar refractivity (Wildman–Crippen MR) is 106 cm³/mol. The van der Waals surface area contributed by atoms with Crippen molar-refractivity contribution >= 4 is 5.78 Å². The van der Waals surface area contributed by atoms with Crippen LogP contribution in [-0.4, -0.2) is 36.7 Å². The summed E-state index contributed by atoms with van der Waals surface area (Å²) < 4.78 is 0. The molecule has 0 aliphatic heterocycles. The van der Waals surface area contributed by atoms with Gasteiger partial charge in [-0.2, -0.15) is 4.80 Å². The van der Waals surface area contributed by atoms with E-state index in [0.717, 1.165) is 48.3 Å². The van der Waals surface area contributed by atoms with Gasteiger partial charge in [0.05, 0.1) is 5.60 Å². The lowest BCUT2D eigenvalue weighted by molar-refractivity contribution is -0.136. The molecule has 1 heterocycles. The molecule has 0 spiro atoms. The maximum atomic E-state index is 13.3. The fourth-order valence-electron chi connectivity index (χ4n) is 9.15. The summed E-state index contributed by atoms with van der Waals surface area (Å²) in [6.45, 7) is 4.76. The Morgan fingerprint density at radius 2 is 1.90 bits per heavy atom. The van der Waals surface area contributed by atoms with E-state index in [0.29, 0.717) is 11.7 Å². The SMILES string of the molecule is C[C@@]1(O)CC[C@H]2[C@H](CC[C@H]3C4[C@@H]5C[C@@H]5[C@H](C(=O)Cn5ncnn5)[C@@]4(C)CC[C@H]23)C1. The number of fused-ring (bicyclic) bond motifs is 7. The molecule has 158 valence electrons. The van der Waals surface area contributed by atoms with Crippen molar-refractivity contribution in [1.82, 2.24) is 20.2 Å². The minimum Gasteiger partial charge on any atom is -0.390 e. The number of tetrazole rings is 1. The Balaban J connectivity index is 1.24. The third-order valence-corrected chi connectivity index (χ3v) is 10.1. The van der Waals surface area contributed by atoms with Crippen LogP contribution in [0.1, 0.15) is 65.2 Å². The minimum atomic E-state index is -0.445. The molecule has 1 unspecified atom stereocenters. The van der Waals surface area contributed by atoms with Gasteiger partial charge in [0, 0.05) is 5.92 Å². The first-order valence-corrected chi connectivity index (χ1v) is 11.8. The van der Waals surface area contributed by atoms with Crippen LogP contribution in [0.5, 0.6) is 0 Å². The highest BCUT2D eigenvalue weighted by Gasteiger charge is 2.70. The van der Waals surface area contributed by atoms with Gasteiger partial charge in [0.1, 0.15) is 6.54 Å². The molecule has 0 amide bonds. The highest BCUT2D eigenvalue weighted by molar-refractivity contribution is 5.83. The number of carbonyl (C=O) groups is 1. The van der Waals surface area contributed by atoms with Gasteiger partial charge in [0.25, 0.3) is 0 Å². The molecule has 1 aromatic rings. The number of rotatable bonds is 3. The highest BCUT2D eigenvalue weighted by Crippen LogP contribution is 2.74. The first-order chi connectivity index (χ1) is 13.9. The van der Waals surface area contributed by atoms with Crippen LogP contribution in [0.3, 0.4) is 0 Å². The van der Waals surface area contributed by atoms with Crippen molar-refractivity contribution in [3.05, 3.63) is 6.33 Å². The Kier molecular flexibility index (Phi) is 3.89. The highest BCUT2D eigenvalue weighted by atomic mass is 16.3. The van der Waals surface area contributed by atoms with Crippen LogP contribution in [0.2, 0.25) is 0 Å². The summed E-state index contributed by atoms with van der Waals surface area (Å²) in [6, 6.07) is 0. The molecule has 0 radical (unpaired) electrons. The van der Waals surface area contributed by atoms with Gasteiger partial charge < -0.3 is 5.11 Å². The molecule has 10 atom stereocenters. The summed E-state index contributed by atoms with van der Waals surface area (Å²) in [6.07, 6.45) is 10.9. The van der Waals surface area contributed by atoms with Crippen molar-refractivity contribution in [2.45, 2.75) is 77.4 Å². The Bertz CT molecular complexity index is 808. The second kappa shape index (κ2) is 6.12. The molecule has 5 fully saturated rings. The van der Waals surface area contributed by atoms with Gasteiger partial charge >= 0.3 is 0 Å². The van der Waals surface area contributed by atoms with E-state index in [-0.39, 0.29) is 17.9 Å². The number of aromatic nitrogens is 4. The third kappa shape index (κ3) is 2.70. The molecule has 1 N–H and O–H groups in total.